The first-order chi connectivity index (χ1) is 7.89. The minimum atomic E-state index is -0.321. The molecule has 17 heavy (non-hydrogen) atoms. The molecule has 0 atom stereocenters. The fourth-order valence-electron chi connectivity index (χ4n) is 2.18. The van der Waals surface area contributed by atoms with Gasteiger partial charge in [-0.05, 0) is 45.4 Å². The maximum atomic E-state index is 6.12. The van der Waals surface area contributed by atoms with Crippen molar-refractivity contribution >= 4 is 5.69 Å². The van der Waals surface area contributed by atoms with Gasteiger partial charge in [0.25, 0.3) is 0 Å². The van der Waals surface area contributed by atoms with E-state index in [1.165, 1.54) is 5.69 Å². The van der Waals surface area contributed by atoms with Gasteiger partial charge in [0, 0.05) is 11.6 Å². The van der Waals surface area contributed by atoms with Crippen LogP contribution in [-0.2, 0) is 5.54 Å². The highest BCUT2D eigenvalue weighted by Crippen LogP contribution is 2.35. The Labute approximate surface area is 104 Å². The molecule has 2 N–H and O–H groups in total. The Morgan fingerprint density at radius 1 is 1.35 bits per heavy atom. The molecule has 0 unspecified atom stereocenters. The largest absolute Gasteiger partial charge is 0.490 e. The lowest BCUT2D eigenvalue weighted by Crippen LogP contribution is -2.38. The Morgan fingerprint density at radius 3 is 2.65 bits per heavy atom. The summed E-state index contributed by atoms with van der Waals surface area (Å²) in [7, 11) is 0. The molecule has 0 amide bonds. The third kappa shape index (κ3) is 2.39. The number of nitrogens with two attached hydrogens (primary N) is 1. The normalized spacial score (nSPS) is 15.8. The van der Waals surface area contributed by atoms with Crippen LogP contribution < -0.4 is 15.4 Å². The molecule has 2 rings (SSSR count). The molecule has 3 heteroatoms. The summed E-state index contributed by atoms with van der Waals surface area (Å²) in [6.45, 7) is 10.1. The molecular formula is C14H22N2O. The fourth-order valence-corrected chi connectivity index (χ4v) is 2.18. The van der Waals surface area contributed by atoms with E-state index >= 15 is 0 Å². The van der Waals surface area contributed by atoms with Crippen LogP contribution in [0.5, 0.6) is 5.75 Å². The third-order valence-corrected chi connectivity index (χ3v) is 3.23. The number of fused-ring (bicyclic) bond motifs is 1. The van der Waals surface area contributed by atoms with Crippen molar-refractivity contribution in [3.8, 4) is 5.75 Å². The summed E-state index contributed by atoms with van der Waals surface area (Å²) in [5.74, 6) is 0.959. The van der Waals surface area contributed by atoms with Crippen molar-refractivity contribution in [2.24, 2.45) is 5.73 Å². The van der Waals surface area contributed by atoms with Crippen LogP contribution >= 0.6 is 0 Å². The standard InChI is InChI=1S/C14H22N2O/c1-10(2)16-7-8-17-13-9-11(14(3,4)15)5-6-12(13)16/h5-6,9-10H,7-8,15H2,1-4H3. The molecular weight excluding hydrogens is 212 g/mol. The lowest BCUT2D eigenvalue weighted by Gasteiger charge is -2.35. The number of hydrogen-bond acceptors (Lipinski definition) is 3. The van der Waals surface area contributed by atoms with E-state index in [1.807, 2.05) is 13.8 Å². The maximum absolute atomic E-state index is 6.12. The van der Waals surface area contributed by atoms with Crippen molar-refractivity contribution in [2.75, 3.05) is 18.1 Å². The van der Waals surface area contributed by atoms with Gasteiger partial charge in [-0.3, -0.25) is 0 Å². The van der Waals surface area contributed by atoms with Crippen molar-refractivity contribution in [3.63, 3.8) is 0 Å². The van der Waals surface area contributed by atoms with Gasteiger partial charge in [-0.2, -0.15) is 0 Å². The number of hydrogen-bond donors (Lipinski definition) is 1. The molecule has 0 aliphatic carbocycles. The smallest absolute Gasteiger partial charge is 0.143 e. The molecule has 94 valence electrons. The zero-order valence-electron chi connectivity index (χ0n) is 11.2. The summed E-state index contributed by atoms with van der Waals surface area (Å²) in [5.41, 5.74) is 8.09. The Morgan fingerprint density at radius 2 is 2.06 bits per heavy atom. The van der Waals surface area contributed by atoms with Crippen LogP contribution in [0, 0.1) is 0 Å². The third-order valence-electron chi connectivity index (χ3n) is 3.23. The molecule has 3 nitrogen and oxygen atoms in total. The fraction of sp³-hybridized carbons (Fsp3) is 0.571. The Balaban J connectivity index is 2.40. The van der Waals surface area contributed by atoms with Crippen LogP contribution in [0.4, 0.5) is 5.69 Å². The van der Waals surface area contributed by atoms with Gasteiger partial charge in [0.15, 0.2) is 0 Å². The summed E-state index contributed by atoms with van der Waals surface area (Å²) in [5, 5.41) is 0. The average molecular weight is 234 g/mol. The molecule has 1 heterocycles. The SMILES string of the molecule is CC(C)N1CCOc2cc(C(C)(C)N)ccc21. The van der Waals surface area contributed by atoms with Gasteiger partial charge in [-0.25, -0.2) is 0 Å². The number of nitrogens with zero attached hydrogens (tertiary/aromatic N) is 1. The highest BCUT2D eigenvalue weighted by molar-refractivity contribution is 5.62. The van der Waals surface area contributed by atoms with Gasteiger partial charge in [0.1, 0.15) is 12.4 Å². The quantitative estimate of drug-likeness (QED) is 0.854. The Bertz CT molecular complexity index is 407. The first kappa shape index (κ1) is 12.2. The van der Waals surface area contributed by atoms with E-state index in [0.29, 0.717) is 6.04 Å². The van der Waals surface area contributed by atoms with Gasteiger partial charge in [-0.1, -0.05) is 6.07 Å². The van der Waals surface area contributed by atoms with Crippen molar-refractivity contribution in [3.05, 3.63) is 23.8 Å². The lowest BCUT2D eigenvalue weighted by atomic mass is 9.94. The molecule has 0 saturated heterocycles. The number of ether oxygens (including phenoxy) is 1. The van der Waals surface area contributed by atoms with Crippen LogP contribution in [-0.4, -0.2) is 19.2 Å². The molecule has 0 saturated carbocycles. The van der Waals surface area contributed by atoms with E-state index in [0.717, 1.165) is 24.5 Å². The summed E-state index contributed by atoms with van der Waals surface area (Å²) in [4.78, 5) is 2.37. The van der Waals surface area contributed by atoms with E-state index < -0.39 is 0 Å². The van der Waals surface area contributed by atoms with E-state index in [-0.39, 0.29) is 5.54 Å². The second-order valence-electron chi connectivity index (χ2n) is 5.54. The van der Waals surface area contributed by atoms with E-state index in [4.69, 9.17) is 10.5 Å². The van der Waals surface area contributed by atoms with Gasteiger partial charge < -0.3 is 15.4 Å². The zero-order valence-corrected chi connectivity index (χ0v) is 11.2. The molecule has 1 aromatic rings. The van der Waals surface area contributed by atoms with Crippen molar-refractivity contribution in [2.45, 2.75) is 39.3 Å². The Hall–Kier alpha value is -1.22. The first-order valence-corrected chi connectivity index (χ1v) is 6.22. The second-order valence-corrected chi connectivity index (χ2v) is 5.54. The summed E-state index contributed by atoms with van der Waals surface area (Å²) in [6.07, 6.45) is 0. The van der Waals surface area contributed by atoms with Gasteiger partial charge in [0.05, 0.1) is 12.2 Å². The number of anilines is 1. The molecule has 0 bridgehead atoms. The van der Waals surface area contributed by atoms with Gasteiger partial charge in [-0.15, -0.1) is 0 Å². The second kappa shape index (κ2) is 4.22. The zero-order chi connectivity index (χ0) is 12.6. The van der Waals surface area contributed by atoms with Crippen molar-refractivity contribution < 1.29 is 4.74 Å². The van der Waals surface area contributed by atoms with Crippen LogP contribution in [0.15, 0.2) is 18.2 Å². The van der Waals surface area contributed by atoms with E-state index in [2.05, 4.69) is 36.9 Å². The molecule has 0 radical (unpaired) electrons. The maximum Gasteiger partial charge on any atom is 0.143 e. The van der Waals surface area contributed by atoms with Crippen molar-refractivity contribution in [1.29, 1.82) is 0 Å². The highest BCUT2D eigenvalue weighted by atomic mass is 16.5. The number of benzene rings is 1. The van der Waals surface area contributed by atoms with Gasteiger partial charge >= 0.3 is 0 Å². The van der Waals surface area contributed by atoms with Crippen LogP contribution in [0.2, 0.25) is 0 Å². The minimum Gasteiger partial charge on any atom is -0.490 e. The van der Waals surface area contributed by atoms with E-state index in [1.54, 1.807) is 0 Å². The molecule has 1 aliphatic rings. The highest BCUT2D eigenvalue weighted by Gasteiger charge is 2.23. The van der Waals surface area contributed by atoms with E-state index in [9.17, 15) is 0 Å². The predicted octanol–water partition coefficient (Wildman–Crippen LogP) is 2.49. The minimum absolute atomic E-state index is 0.321. The van der Waals surface area contributed by atoms with Crippen molar-refractivity contribution in [1.82, 2.24) is 0 Å². The Kier molecular flexibility index (Phi) is 3.04. The average Bonchev–Trinajstić information content (AvgIpc) is 2.26. The molecule has 0 spiro atoms. The predicted molar refractivity (Wildman–Crippen MR) is 71.6 cm³/mol. The first-order valence-electron chi connectivity index (χ1n) is 6.22. The summed E-state index contributed by atoms with van der Waals surface area (Å²) < 4.78 is 5.74. The molecule has 1 aromatic carbocycles. The number of rotatable bonds is 2. The molecule has 0 fully saturated rings. The summed E-state index contributed by atoms with van der Waals surface area (Å²) in [6, 6.07) is 6.79. The van der Waals surface area contributed by atoms with Gasteiger partial charge in [0.2, 0.25) is 0 Å². The molecule has 1 aliphatic heterocycles. The summed E-state index contributed by atoms with van der Waals surface area (Å²) >= 11 is 0. The molecule has 0 aromatic heterocycles. The topological polar surface area (TPSA) is 38.5 Å². The lowest BCUT2D eigenvalue weighted by molar-refractivity contribution is 0.302. The van der Waals surface area contributed by atoms with Crippen LogP contribution in [0.1, 0.15) is 33.3 Å². The van der Waals surface area contributed by atoms with Crippen LogP contribution in [0.3, 0.4) is 0 Å². The monoisotopic (exact) mass is 234 g/mol. The van der Waals surface area contributed by atoms with Crippen LogP contribution in [0.25, 0.3) is 0 Å².